The fourth-order valence-corrected chi connectivity index (χ4v) is 4.03. The molecule has 2 heterocycles. The molecule has 20 heavy (non-hydrogen) atoms. The first-order valence-corrected chi connectivity index (χ1v) is 8.25. The molecule has 1 aromatic heterocycles. The van der Waals surface area contributed by atoms with Gasteiger partial charge in [0.05, 0.1) is 6.04 Å². The summed E-state index contributed by atoms with van der Waals surface area (Å²) in [5.74, 6) is 0. The number of rotatable bonds is 3. The number of aryl methyl sites for hydroxylation is 1. The molecule has 106 valence electrons. The Hall–Kier alpha value is -0.870. The lowest BCUT2D eigenvalue weighted by Crippen LogP contribution is -2.45. The number of piperazine rings is 1. The van der Waals surface area contributed by atoms with Crippen LogP contribution in [0.3, 0.4) is 0 Å². The van der Waals surface area contributed by atoms with E-state index in [-0.39, 0.29) is 0 Å². The normalized spacial score (nSPS) is 18.1. The van der Waals surface area contributed by atoms with Crippen molar-refractivity contribution in [2.75, 3.05) is 26.2 Å². The maximum atomic E-state index is 6.19. The third-order valence-electron chi connectivity index (χ3n) is 3.70. The molecule has 1 saturated heterocycles. The van der Waals surface area contributed by atoms with E-state index in [0.717, 1.165) is 31.2 Å². The van der Waals surface area contributed by atoms with Gasteiger partial charge in [0, 0.05) is 36.1 Å². The van der Waals surface area contributed by atoms with E-state index >= 15 is 0 Å². The molecule has 0 spiro atoms. The summed E-state index contributed by atoms with van der Waals surface area (Å²) >= 11 is 8.04. The summed E-state index contributed by atoms with van der Waals surface area (Å²) < 4.78 is 0. The minimum atomic E-state index is 0.328. The fourth-order valence-electron chi connectivity index (χ4n) is 2.77. The van der Waals surface area contributed by atoms with Crippen LogP contribution >= 0.6 is 22.9 Å². The lowest BCUT2D eigenvalue weighted by molar-refractivity contribution is 0.200. The Balaban J connectivity index is 1.98. The van der Waals surface area contributed by atoms with E-state index in [1.165, 1.54) is 16.0 Å². The highest BCUT2D eigenvalue weighted by atomic mass is 35.5. The molecule has 0 radical (unpaired) electrons. The second-order valence-corrected chi connectivity index (χ2v) is 6.65. The summed E-state index contributed by atoms with van der Waals surface area (Å²) in [6, 6.07) is 10.9. The molecule has 2 aromatic rings. The zero-order chi connectivity index (χ0) is 13.9. The van der Waals surface area contributed by atoms with Crippen LogP contribution in [0.2, 0.25) is 5.02 Å². The van der Waals surface area contributed by atoms with Gasteiger partial charge in [0.25, 0.3) is 0 Å². The van der Waals surface area contributed by atoms with Gasteiger partial charge < -0.3 is 5.32 Å². The molecule has 1 aromatic carbocycles. The van der Waals surface area contributed by atoms with Crippen molar-refractivity contribution >= 4 is 22.9 Å². The van der Waals surface area contributed by atoms with Gasteiger partial charge in [-0.2, -0.15) is 0 Å². The Bertz CT molecular complexity index is 575. The zero-order valence-corrected chi connectivity index (χ0v) is 13.2. The molecular formula is C16H19ClN2S. The number of thiophene rings is 1. The molecule has 1 N–H and O–H groups in total. The van der Waals surface area contributed by atoms with Gasteiger partial charge in [-0.25, -0.2) is 0 Å². The van der Waals surface area contributed by atoms with Gasteiger partial charge in [-0.15, -0.1) is 11.3 Å². The van der Waals surface area contributed by atoms with E-state index in [1.54, 1.807) is 0 Å². The molecule has 0 aliphatic carbocycles. The Morgan fingerprint density at radius 3 is 2.70 bits per heavy atom. The molecule has 0 amide bonds. The van der Waals surface area contributed by atoms with Crippen LogP contribution in [0.5, 0.6) is 0 Å². The molecule has 0 saturated carbocycles. The van der Waals surface area contributed by atoms with Crippen LogP contribution < -0.4 is 5.32 Å². The van der Waals surface area contributed by atoms with E-state index < -0.39 is 0 Å². The molecule has 1 fully saturated rings. The van der Waals surface area contributed by atoms with Gasteiger partial charge in [0.2, 0.25) is 0 Å². The first-order chi connectivity index (χ1) is 9.74. The molecule has 1 atom stereocenters. The van der Waals surface area contributed by atoms with Gasteiger partial charge >= 0.3 is 0 Å². The molecule has 3 rings (SSSR count). The minimum Gasteiger partial charge on any atom is -0.314 e. The van der Waals surface area contributed by atoms with Crippen LogP contribution in [0.25, 0.3) is 0 Å². The fraction of sp³-hybridized carbons (Fsp3) is 0.375. The van der Waals surface area contributed by atoms with Crippen molar-refractivity contribution in [3.63, 3.8) is 0 Å². The largest absolute Gasteiger partial charge is 0.314 e. The molecule has 1 aliphatic rings. The second-order valence-electron chi connectivity index (χ2n) is 5.27. The van der Waals surface area contributed by atoms with Gasteiger partial charge in [-0.3, -0.25) is 4.90 Å². The van der Waals surface area contributed by atoms with Gasteiger partial charge in [0.1, 0.15) is 0 Å². The average Bonchev–Trinajstić information content (AvgIpc) is 2.87. The average molecular weight is 307 g/mol. The lowest BCUT2D eigenvalue weighted by atomic mass is 10.0. The standard InChI is InChI=1S/C16H19ClN2S/c1-12-9-15(20-11-12)16(19-7-5-18-6-8-19)13-3-2-4-14(17)10-13/h2-4,9-11,16,18H,5-8H2,1H3. The first-order valence-electron chi connectivity index (χ1n) is 6.99. The smallest absolute Gasteiger partial charge is 0.0697 e. The summed E-state index contributed by atoms with van der Waals surface area (Å²) in [4.78, 5) is 3.96. The number of halogens is 1. The Labute approximate surface area is 129 Å². The van der Waals surface area contributed by atoms with Crippen molar-refractivity contribution in [1.29, 1.82) is 0 Å². The monoisotopic (exact) mass is 306 g/mol. The number of benzene rings is 1. The van der Waals surface area contributed by atoms with Gasteiger partial charge in [-0.1, -0.05) is 23.7 Å². The molecule has 0 bridgehead atoms. The number of hydrogen-bond acceptors (Lipinski definition) is 3. The maximum Gasteiger partial charge on any atom is 0.0697 e. The summed E-state index contributed by atoms with van der Waals surface area (Å²) in [6.07, 6.45) is 0. The summed E-state index contributed by atoms with van der Waals surface area (Å²) in [6.45, 7) is 6.43. The second kappa shape index (κ2) is 6.27. The zero-order valence-electron chi connectivity index (χ0n) is 11.6. The predicted octanol–water partition coefficient (Wildman–Crippen LogP) is 3.70. The van der Waals surface area contributed by atoms with E-state index in [4.69, 9.17) is 11.6 Å². The topological polar surface area (TPSA) is 15.3 Å². The SMILES string of the molecule is Cc1csc(C(c2cccc(Cl)c2)N2CCNCC2)c1. The highest BCUT2D eigenvalue weighted by molar-refractivity contribution is 7.10. The molecule has 1 aliphatic heterocycles. The predicted molar refractivity (Wildman–Crippen MR) is 86.8 cm³/mol. The van der Waals surface area contributed by atoms with E-state index in [9.17, 15) is 0 Å². The third-order valence-corrected chi connectivity index (χ3v) is 5.04. The van der Waals surface area contributed by atoms with Crippen LogP contribution in [-0.4, -0.2) is 31.1 Å². The van der Waals surface area contributed by atoms with Crippen LogP contribution in [0.1, 0.15) is 22.0 Å². The van der Waals surface area contributed by atoms with E-state index in [0.29, 0.717) is 6.04 Å². The summed E-state index contributed by atoms with van der Waals surface area (Å²) in [5, 5.41) is 6.47. The Kier molecular flexibility index (Phi) is 4.41. The lowest BCUT2D eigenvalue weighted by Gasteiger charge is -2.34. The minimum absolute atomic E-state index is 0.328. The Morgan fingerprint density at radius 2 is 2.05 bits per heavy atom. The molecule has 2 nitrogen and oxygen atoms in total. The Morgan fingerprint density at radius 1 is 1.25 bits per heavy atom. The van der Waals surface area contributed by atoms with Crippen molar-refractivity contribution in [3.05, 3.63) is 56.7 Å². The highest BCUT2D eigenvalue weighted by Crippen LogP contribution is 2.34. The third kappa shape index (κ3) is 3.07. The van der Waals surface area contributed by atoms with E-state index in [2.05, 4.69) is 40.7 Å². The van der Waals surface area contributed by atoms with Crippen molar-refractivity contribution < 1.29 is 0 Å². The van der Waals surface area contributed by atoms with Crippen LogP contribution in [0, 0.1) is 6.92 Å². The quantitative estimate of drug-likeness (QED) is 0.930. The number of nitrogens with zero attached hydrogens (tertiary/aromatic N) is 1. The highest BCUT2D eigenvalue weighted by Gasteiger charge is 2.25. The molecule has 1 unspecified atom stereocenters. The van der Waals surface area contributed by atoms with Crippen LogP contribution in [-0.2, 0) is 0 Å². The van der Waals surface area contributed by atoms with Gasteiger partial charge in [0.15, 0.2) is 0 Å². The van der Waals surface area contributed by atoms with Crippen LogP contribution in [0.4, 0.5) is 0 Å². The number of hydrogen-bond donors (Lipinski definition) is 1. The van der Waals surface area contributed by atoms with Crippen molar-refractivity contribution in [3.8, 4) is 0 Å². The first kappa shape index (κ1) is 14.1. The summed E-state index contributed by atoms with van der Waals surface area (Å²) in [7, 11) is 0. The number of nitrogens with one attached hydrogen (secondary N) is 1. The van der Waals surface area contributed by atoms with E-state index in [1.807, 2.05) is 23.5 Å². The molecule has 4 heteroatoms. The van der Waals surface area contributed by atoms with Crippen LogP contribution in [0.15, 0.2) is 35.7 Å². The molecular weight excluding hydrogens is 288 g/mol. The van der Waals surface area contributed by atoms with Crippen molar-refractivity contribution in [2.45, 2.75) is 13.0 Å². The summed E-state index contributed by atoms with van der Waals surface area (Å²) in [5.41, 5.74) is 2.63. The maximum absolute atomic E-state index is 6.19. The van der Waals surface area contributed by atoms with Gasteiger partial charge in [-0.05, 0) is 41.6 Å². The van der Waals surface area contributed by atoms with Crippen molar-refractivity contribution in [2.24, 2.45) is 0 Å². The van der Waals surface area contributed by atoms with Crippen molar-refractivity contribution in [1.82, 2.24) is 10.2 Å².